The van der Waals surface area contributed by atoms with Gasteiger partial charge in [0.1, 0.15) is 6.07 Å². The number of nitriles is 1. The van der Waals surface area contributed by atoms with E-state index in [1.165, 1.54) is 0 Å². The molecule has 0 aliphatic rings. The summed E-state index contributed by atoms with van der Waals surface area (Å²) in [6.45, 7) is 0.615. The lowest BCUT2D eigenvalue weighted by Crippen LogP contribution is -1.99. The van der Waals surface area contributed by atoms with E-state index in [0.29, 0.717) is 17.1 Å². The van der Waals surface area contributed by atoms with Crippen molar-refractivity contribution in [2.24, 2.45) is 0 Å². The molecular weight excluding hydrogens is 260 g/mol. The molecule has 0 amide bonds. The maximum Gasteiger partial charge on any atom is 0.102 e. The van der Waals surface area contributed by atoms with Crippen LogP contribution in [0.25, 0.3) is 10.9 Å². The predicted octanol–water partition coefficient (Wildman–Crippen LogP) is 3.00. The van der Waals surface area contributed by atoms with E-state index in [1.807, 2.05) is 24.3 Å². The van der Waals surface area contributed by atoms with Crippen LogP contribution in [0.2, 0.25) is 5.02 Å². The fraction of sp³-hybridized carbons (Fsp3) is 0.0714. The minimum Gasteiger partial charge on any atom is -0.267 e. The molecule has 0 aliphatic carbocycles. The summed E-state index contributed by atoms with van der Waals surface area (Å²) in [5.41, 5.74) is 2.56. The number of halogens is 1. The molecule has 0 spiro atoms. The third kappa shape index (κ3) is 2.42. The molecule has 92 valence electrons. The third-order valence-electron chi connectivity index (χ3n) is 2.82. The molecule has 3 aromatic rings. The quantitative estimate of drug-likeness (QED) is 0.718. The standard InChI is InChI=1S/C14H9ClN4/c15-13-4-12-3-10(1-2-14(12)17-7-13)8-19-9-11(5-16)6-18-19/h1-4,6-7,9H,8H2. The molecule has 0 radical (unpaired) electrons. The second-order valence-electron chi connectivity index (χ2n) is 4.22. The molecule has 0 N–H and O–H groups in total. The van der Waals surface area contributed by atoms with Gasteiger partial charge in [-0.3, -0.25) is 9.67 Å². The SMILES string of the molecule is N#Cc1cnn(Cc2ccc3ncc(Cl)cc3c2)c1. The first-order chi connectivity index (χ1) is 9.24. The first kappa shape index (κ1) is 11.7. The largest absolute Gasteiger partial charge is 0.267 e. The van der Waals surface area contributed by atoms with Crippen molar-refractivity contribution in [3.05, 3.63) is 59.0 Å². The smallest absolute Gasteiger partial charge is 0.102 e. The lowest BCUT2D eigenvalue weighted by Gasteiger charge is -2.04. The van der Waals surface area contributed by atoms with Crippen LogP contribution in [-0.4, -0.2) is 14.8 Å². The van der Waals surface area contributed by atoms with Crippen LogP contribution in [-0.2, 0) is 6.54 Å². The number of nitrogens with zero attached hydrogens (tertiary/aromatic N) is 4. The first-order valence-electron chi connectivity index (χ1n) is 5.71. The third-order valence-corrected chi connectivity index (χ3v) is 3.03. The van der Waals surface area contributed by atoms with Gasteiger partial charge in [0.15, 0.2) is 0 Å². The topological polar surface area (TPSA) is 54.5 Å². The highest BCUT2D eigenvalue weighted by atomic mass is 35.5. The van der Waals surface area contributed by atoms with Crippen molar-refractivity contribution in [2.75, 3.05) is 0 Å². The summed E-state index contributed by atoms with van der Waals surface area (Å²) in [6, 6.07) is 9.93. The molecule has 1 aromatic carbocycles. The summed E-state index contributed by atoms with van der Waals surface area (Å²) < 4.78 is 1.73. The number of hydrogen-bond acceptors (Lipinski definition) is 3. The van der Waals surface area contributed by atoms with Crippen LogP contribution in [0.1, 0.15) is 11.1 Å². The van der Waals surface area contributed by atoms with Crippen molar-refractivity contribution in [2.45, 2.75) is 6.54 Å². The van der Waals surface area contributed by atoms with E-state index in [-0.39, 0.29) is 0 Å². The number of pyridine rings is 1. The lowest BCUT2D eigenvalue weighted by molar-refractivity contribution is 0.687. The maximum absolute atomic E-state index is 8.76. The van der Waals surface area contributed by atoms with Gasteiger partial charge in [0.2, 0.25) is 0 Å². The van der Waals surface area contributed by atoms with Crippen LogP contribution >= 0.6 is 11.6 Å². The Balaban J connectivity index is 1.94. The summed E-state index contributed by atoms with van der Waals surface area (Å²) >= 11 is 5.94. The molecule has 2 aromatic heterocycles. The Labute approximate surface area is 114 Å². The molecule has 0 fully saturated rings. The van der Waals surface area contributed by atoms with Crippen molar-refractivity contribution >= 4 is 22.5 Å². The van der Waals surface area contributed by atoms with Crippen LogP contribution < -0.4 is 0 Å². The van der Waals surface area contributed by atoms with Gasteiger partial charge in [-0.25, -0.2) is 0 Å². The van der Waals surface area contributed by atoms with Crippen LogP contribution in [0.5, 0.6) is 0 Å². The first-order valence-corrected chi connectivity index (χ1v) is 6.09. The zero-order valence-electron chi connectivity index (χ0n) is 9.92. The van der Waals surface area contributed by atoms with Gasteiger partial charge in [0.05, 0.1) is 28.8 Å². The molecule has 0 unspecified atom stereocenters. The Morgan fingerprint density at radius 2 is 2.16 bits per heavy atom. The van der Waals surface area contributed by atoms with Crippen molar-refractivity contribution < 1.29 is 0 Å². The van der Waals surface area contributed by atoms with E-state index in [0.717, 1.165) is 16.5 Å². The van der Waals surface area contributed by atoms with Gasteiger partial charge in [-0.05, 0) is 23.8 Å². The van der Waals surface area contributed by atoms with Crippen LogP contribution in [0.4, 0.5) is 0 Å². The molecule has 0 bridgehead atoms. The summed E-state index contributed by atoms with van der Waals surface area (Å²) in [5.74, 6) is 0. The van der Waals surface area contributed by atoms with Gasteiger partial charge in [-0.15, -0.1) is 0 Å². The van der Waals surface area contributed by atoms with E-state index in [4.69, 9.17) is 16.9 Å². The van der Waals surface area contributed by atoms with Gasteiger partial charge in [0, 0.05) is 17.8 Å². The van der Waals surface area contributed by atoms with E-state index in [2.05, 4.69) is 16.2 Å². The monoisotopic (exact) mass is 268 g/mol. The van der Waals surface area contributed by atoms with Crippen molar-refractivity contribution in [1.82, 2.24) is 14.8 Å². The lowest BCUT2D eigenvalue weighted by atomic mass is 10.1. The van der Waals surface area contributed by atoms with Gasteiger partial charge >= 0.3 is 0 Å². The van der Waals surface area contributed by atoms with E-state index >= 15 is 0 Å². The minimum absolute atomic E-state index is 0.561. The number of rotatable bonds is 2. The average molecular weight is 269 g/mol. The number of benzene rings is 1. The van der Waals surface area contributed by atoms with Crippen molar-refractivity contribution in [3.63, 3.8) is 0 Å². The highest BCUT2D eigenvalue weighted by molar-refractivity contribution is 6.31. The van der Waals surface area contributed by atoms with E-state index < -0.39 is 0 Å². The molecule has 5 heteroatoms. The van der Waals surface area contributed by atoms with Crippen molar-refractivity contribution in [3.8, 4) is 6.07 Å². The number of hydrogen-bond donors (Lipinski definition) is 0. The molecular formula is C14H9ClN4. The Kier molecular flexibility index (Phi) is 2.90. The normalized spacial score (nSPS) is 10.5. The zero-order valence-corrected chi connectivity index (χ0v) is 10.7. The van der Waals surface area contributed by atoms with Gasteiger partial charge in [0.25, 0.3) is 0 Å². The fourth-order valence-corrected chi connectivity index (χ4v) is 2.11. The second-order valence-corrected chi connectivity index (χ2v) is 4.66. The van der Waals surface area contributed by atoms with Crippen molar-refractivity contribution in [1.29, 1.82) is 5.26 Å². The van der Waals surface area contributed by atoms with E-state index in [9.17, 15) is 0 Å². The molecule has 0 aliphatic heterocycles. The molecule has 0 saturated heterocycles. The summed E-state index contributed by atoms with van der Waals surface area (Å²) in [4.78, 5) is 4.25. The van der Waals surface area contributed by atoms with Gasteiger partial charge < -0.3 is 0 Å². The number of aromatic nitrogens is 3. The summed E-state index contributed by atoms with van der Waals surface area (Å²) in [6.07, 6.45) is 4.91. The minimum atomic E-state index is 0.561. The molecule has 19 heavy (non-hydrogen) atoms. The average Bonchev–Trinajstić information content (AvgIpc) is 2.86. The summed E-state index contributed by atoms with van der Waals surface area (Å²) in [7, 11) is 0. The zero-order chi connectivity index (χ0) is 13.2. The summed E-state index contributed by atoms with van der Waals surface area (Å²) in [5, 5.41) is 14.5. The molecule has 3 rings (SSSR count). The Morgan fingerprint density at radius 3 is 2.95 bits per heavy atom. The van der Waals surface area contributed by atoms with Crippen LogP contribution in [0.15, 0.2) is 42.9 Å². The fourth-order valence-electron chi connectivity index (χ4n) is 1.95. The molecule has 0 saturated carbocycles. The highest BCUT2D eigenvalue weighted by Gasteiger charge is 2.02. The second kappa shape index (κ2) is 4.71. The maximum atomic E-state index is 8.76. The van der Waals surface area contributed by atoms with Gasteiger partial charge in [-0.2, -0.15) is 10.4 Å². The predicted molar refractivity (Wildman–Crippen MR) is 72.8 cm³/mol. The Hall–Kier alpha value is -2.38. The van der Waals surface area contributed by atoms with Crippen LogP contribution in [0, 0.1) is 11.3 Å². The van der Waals surface area contributed by atoms with E-state index in [1.54, 1.807) is 23.3 Å². The molecule has 4 nitrogen and oxygen atoms in total. The Morgan fingerprint density at radius 1 is 1.26 bits per heavy atom. The van der Waals surface area contributed by atoms with Gasteiger partial charge in [-0.1, -0.05) is 17.7 Å². The highest BCUT2D eigenvalue weighted by Crippen LogP contribution is 2.18. The molecule has 0 atom stereocenters. The Bertz CT molecular complexity index is 785. The molecule has 2 heterocycles. The van der Waals surface area contributed by atoms with Crippen LogP contribution in [0.3, 0.4) is 0 Å². The number of fused-ring (bicyclic) bond motifs is 1.